The van der Waals surface area contributed by atoms with E-state index < -0.39 is 5.60 Å². The van der Waals surface area contributed by atoms with Crippen LogP contribution in [-0.2, 0) is 14.3 Å². The zero-order chi connectivity index (χ0) is 16.8. The van der Waals surface area contributed by atoms with Crippen LogP contribution in [-0.4, -0.2) is 43.3 Å². The van der Waals surface area contributed by atoms with Crippen molar-refractivity contribution in [2.24, 2.45) is 11.8 Å². The van der Waals surface area contributed by atoms with Crippen molar-refractivity contribution in [3.8, 4) is 0 Å². The van der Waals surface area contributed by atoms with Crippen molar-refractivity contribution in [3.05, 3.63) is 0 Å². The van der Waals surface area contributed by atoms with E-state index >= 15 is 0 Å². The van der Waals surface area contributed by atoms with E-state index in [4.69, 9.17) is 4.74 Å². The van der Waals surface area contributed by atoms with Crippen LogP contribution >= 0.6 is 0 Å². The van der Waals surface area contributed by atoms with Crippen LogP contribution in [0.2, 0.25) is 0 Å². The van der Waals surface area contributed by atoms with Crippen LogP contribution in [0.5, 0.6) is 0 Å². The zero-order valence-corrected chi connectivity index (χ0v) is 14.7. The lowest BCUT2D eigenvalue weighted by molar-refractivity contribution is -0.141. The maximum Gasteiger partial charge on any atom is 0.410 e. The molecular formula is C17H31NO4. The van der Waals surface area contributed by atoms with Crippen molar-refractivity contribution in [1.82, 2.24) is 4.90 Å². The molecule has 22 heavy (non-hydrogen) atoms. The Morgan fingerprint density at radius 2 is 1.64 bits per heavy atom. The first-order valence-electron chi connectivity index (χ1n) is 8.22. The van der Waals surface area contributed by atoms with Crippen molar-refractivity contribution in [1.29, 1.82) is 0 Å². The van der Waals surface area contributed by atoms with Gasteiger partial charge in [-0.2, -0.15) is 0 Å². The van der Waals surface area contributed by atoms with Gasteiger partial charge in [-0.25, -0.2) is 4.79 Å². The summed E-state index contributed by atoms with van der Waals surface area (Å²) in [5, 5.41) is 0. The number of carbonyl (C=O) groups is 2. The molecule has 1 rings (SSSR count). The predicted octanol–water partition coefficient (Wildman–Crippen LogP) is 3.61. The van der Waals surface area contributed by atoms with Crippen LogP contribution in [0, 0.1) is 11.8 Å². The Balaban J connectivity index is 2.27. The summed E-state index contributed by atoms with van der Waals surface area (Å²) in [5.41, 5.74) is -0.448. The van der Waals surface area contributed by atoms with Gasteiger partial charge >= 0.3 is 12.1 Å². The Morgan fingerprint density at radius 3 is 2.14 bits per heavy atom. The van der Waals surface area contributed by atoms with Crippen molar-refractivity contribution in [2.45, 2.75) is 64.9 Å². The minimum atomic E-state index is -0.448. The van der Waals surface area contributed by atoms with Crippen LogP contribution in [0.4, 0.5) is 4.79 Å². The van der Waals surface area contributed by atoms with Crippen molar-refractivity contribution < 1.29 is 19.1 Å². The second-order valence-corrected chi connectivity index (χ2v) is 7.36. The van der Waals surface area contributed by atoms with Gasteiger partial charge in [-0.15, -0.1) is 0 Å². The molecule has 0 unspecified atom stereocenters. The number of nitrogens with zero attached hydrogens (tertiary/aromatic N) is 1. The molecule has 0 aliphatic heterocycles. The second kappa shape index (κ2) is 8.39. The number of carbonyl (C=O) groups excluding carboxylic acids is 2. The third-order valence-electron chi connectivity index (χ3n) is 4.19. The van der Waals surface area contributed by atoms with E-state index in [1.54, 1.807) is 11.9 Å². The summed E-state index contributed by atoms with van der Waals surface area (Å²) < 4.78 is 10.1. The third-order valence-corrected chi connectivity index (χ3v) is 4.19. The number of esters is 1. The van der Waals surface area contributed by atoms with E-state index in [2.05, 4.69) is 4.74 Å². The average molecular weight is 313 g/mol. The summed E-state index contributed by atoms with van der Waals surface area (Å²) >= 11 is 0. The molecule has 0 heterocycles. The van der Waals surface area contributed by atoms with Crippen LogP contribution < -0.4 is 0 Å². The van der Waals surface area contributed by atoms with Crippen molar-refractivity contribution in [2.75, 3.05) is 20.7 Å². The third kappa shape index (κ3) is 7.14. The van der Waals surface area contributed by atoms with Crippen LogP contribution in [0.15, 0.2) is 0 Å². The maximum absolute atomic E-state index is 12.0. The number of amides is 1. The highest BCUT2D eigenvalue weighted by Crippen LogP contribution is 2.32. The number of ether oxygens (including phenoxy) is 2. The molecule has 0 bridgehead atoms. The standard InChI is InChI=1S/C17H31NO4/c1-17(2,3)22-16(20)18(4)12-14-8-6-13(7-9-14)10-11-15(19)21-5/h13-14H,6-12H2,1-5H3. The van der Waals surface area contributed by atoms with Gasteiger partial charge in [0.2, 0.25) is 0 Å². The summed E-state index contributed by atoms with van der Waals surface area (Å²) in [6.45, 7) is 6.39. The van der Waals surface area contributed by atoms with Gasteiger partial charge in [-0.05, 0) is 51.9 Å². The fraction of sp³-hybridized carbons (Fsp3) is 0.882. The highest BCUT2D eigenvalue weighted by molar-refractivity contribution is 5.69. The average Bonchev–Trinajstić information content (AvgIpc) is 2.44. The number of hydrogen-bond acceptors (Lipinski definition) is 4. The first-order chi connectivity index (χ1) is 10.2. The molecule has 0 radical (unpaired) electrons. The minimum absolute atomic E-state index is 0.119. The molecule has 0 aromatic carbocycles. The Morgan fingerprint density at radius 1 is 1.09 bits per heavy atom. The molecule has 0 aromatic heterocycles. The summed E-state index contributed by atoms with van der Waals surface area (Å²) in [4.78, 5) is 24.8. The molecule has 1 aliphatic carbocycles. The Bertz CT molecular complexity index is 367. The first-order valence-corrected chi connectivity index (χ1v) is 8.22. The minimum Gasteiger partial charge on any atom is -0.469 e. The maximum atomic E-state index is 12.0. The van der Waals surface area contributed by atoms with E-state index in [-0.39, 0.29) is 12.1 Å². The summed E-state index contributed by atoms with van der Waals surface area (Å²) in [6.07, 6.45) is 5.66. The normalized spacial score (nSPS) is 22.0. The summed E-state index contributed by atoms with van der Waals surface area (Å²) in [7, 11) is 3.24. The highest BCUT2D eigenvalue weighted by Gasteiger charge is 2.26. The second-order valence-electron chi connectivity index (χ2n) is 7.36. The van der Waals surface area contributed by atoms with Crippen molar-refractivity contribution in [3.63, 3.8) is 0 Å². The van der Waals surface area contributed by atoms with Gasteiger partial charge in [0.25, 0.3) is 0 Å². The molecular weight excluding hydrogens is 282 g/mol. The fourth-order valence-corrected chi connectivity index (χ4v) is 2.93. The molecule has 5 nitrogen and oxygen atoms in total. The van der Waals surface area contributed by atoms with E-state index in [0.29, 0.717) is 18.3 Å². The van der Waals surface area contributed by atoms with Crippen LogP contribution in [0.3, 0.4) is 0 Å². The van der Waals surface area contributed by atoms with Gasteiger partial charge in [0, 0.05) is 20.0 Å². The fourth-order valence-electron chi connectivity index (χ4n) is 2.93. The molecule has 0 aromatic rings. The van der Waals surface area contributed by atoms with Gasteiger partial charge in [-0.1, -0.05) is 12.8 Å². The summed E-state index contributed by atoms with van der Waals surface area (Å²) in [6, 6.07) is 0. The van der Waals surface area contributed by atoms with Gasteiger partial charge in [0.15, 0.2) is 0 Å². The molecule has 1 fully saturated rings. The molecule has 128 valence electrons. The molecule has 0 atom stereocenters. The van der Waals surface area contributed by atoms with E-state index in [0.717, 1.165) is 38.6 Å². The molecule has 1 amide bonds. The topological polar surface area (TPSA) is 55.8 Å². The van der Waals surface area contributed by atoms with Gasteiger partial charge in [0.1, 0.15) is 5.60 Å². The van der Waals surface area contributed by atoms with E-state index in [1.165, 1.54) is 7.11 Å². The molecule has 0 N–H and O–H groups in total. The Labute approximate surface area is 134 Å². The van der Waals surface area contributed by atoms with Gasteiger partial charge < -0.3 is 14.4 Å². The smallest absolute Gasteiger partial charge is 0.410 e. The van der Waals surface area contributed by atoms with Crippen LogP contribution in [0.25, 0.3) is 0 Å². The van der Waals surface area contributed by atoms with E-state index in [9.17, 15) is 9.59 Å². The largest absolute Gasteiger partial charge is 0.469 e. The molecule has 1 aliphatic rings. The zero-order valence-electron chi connectivity index (χ0n) is 14.7. The lowest BCUT2D eigenvalue weighted by Crippen LogP contribution is -2.37. The van der Waals surface area contributed by atoms with Gasteiger partial charge in [-0.3, -0.25) is 4.79 Å². The molecule has 0 spiro atoms. The lowest BCUT2D eigenvalue weighted by atomic mass is 9.80. The lowest BCUT2D eigenvalue weighted by Gasteiger charge is -2.32. The SMILES string of the molecule is COC(=O)CCC1CCC(CN(C)C(=O)OC(C)(C)C)CC1. The monoisotopic (exact) mass is 313 g/mol. The molecule has 5 heteroatoms. The number of rotatable bonds is 5. The molecule has 1 saturated carbocycles. The Hall–Kier alpha value is -1.26. The predicted molar refractivity (Wildman–Crippen MR) is 85.6 cm³/mol. The van der Waals surface area contributed by atoms with Crippen molar-refractivity contribution >= 4 is 12.1 Å². The highest BCUT2D eigenvalue weighted by atomic mass is 16.6. The van der Waals surface area contributed by atoms with E-state index in [1.807, 2.05) is 20.8 Å². The number of hydrogen-bond donors (Lipinski definition) is 0. The number of methoxy groups -OCH3 is 1. The van der Waals surface area contributed by atoms with Gasteiger partial charge in [0.05, 0.1) is 7.11 Å². The summed E-state index contributed by atoms with van der Waals surface area (Å²) in [5.74, 6) is 1.03. The molecule has 0 saturated heterocycles. The first kappa shape index (κ1) is 18.8. The van der Waals surface area contributed by atoms with Crippen LogP contribution in [0.1, 0.15) is 59.3 Å². The Kier molecular flexibility index (Phi) is 7.17. The quantitative estimate of drug-likeness (QED) is 0.728.